The van der Waals surface area contributed by atoms with E-state index >= 15 is 0 Å². The number of halogens is 1. The third kappa shape index (κ3) is 3.21. The van der Waals surface area contributed by atoms with Gasteiger partial charge in [0, 0.05) is 11.1 Å². The van der Waals surface area contributed by atoms with Crippen LogP contribution in [0.2, 0.25) is 5.02 Å². The average molecular weight is 281 g/mol. The smallest absolute Gasteiger partial charge is 0.354 e. The molecule has 0 atom stereocenters. The summed E-state index contributed by atoms with van der Waals surface area (Å²) in [5.74, 6) is -0.105. The fraction of sp³-hybridized carbons (Fsp3) is 0.0833. The molecule has 0 saturated carbocycles. The van der Waals surface area contributed by atoms with Gasteiger partial charge in [-0.05, 0) is 18.2 Å². The first kappa shape index (κ1) is 12.9. The average Bonchev–Trinajstić information content (AvgIpc) is 2.38. The molecule has 0 radical (unpaired) electrons. The Morgan fingerprint density at radius 1 is 1.33 bits per heavy atom. The van der Waals surface area contributed by atoms with Gasteiger partial charge in [-0.1, -0.05) is 23.7 Å². The van der Waals surface area contributed by atoms with Gasteiger partial charge in [0.1, 0.15) is 5.82 Å². The topological polar surface area (TPSA) is 63.1 Å². The summed E-state index contributed by atoms with van der Waals surface area (Å²) in [7, 11) is 0. The zero-order chi connectivity index (χ0) is 13.0. The lowest BCUT2D eigenvalue weighted by Gasteiger charge is -2.03. The molecule has 0 unspecified atom stereocenters. The van der Waals surface area contributed by atoms with Crippen LogP contribution in [0, 0.1) is 0 Å². The van der Waals surface area contributed by atoms with Crippen LogP contribution in [0.1, 0.15) is 16.3 Å². The van der Waals surface area contributed by atoms with Crippen LogP contribution in [0.4, 0.5) is 0 Å². The normalized spacial score (nSPS) is 10.3. The van der Waals surface area contributed by atoms with Crippen LogP contribution in [0.5, 0.6) is 0 Å². The van der Waals surface area contributed by atoms with Crippen LogP contribution in [-0.2, 0) is 5.75 Å². The van der Waals surface area contributed by atoms with Crippen LogP contribution in [0.25, 0.3) is 0 Å². The number of carboxylic acid groups (broad SMARTS) is 1. The van der Waals surface area contributed by atoms with Crippen molar-refractivity contribution in [3.63, 3.8) is 0 Å². The first-order valence-electron chi connectivity index (χ1n) is 5.09. The predicted molar refractivity (Wildman–Crippen MR) is 70.0 cm³/mol. The minimum absolute atomic E-state index is 0.000224. The fourth-order valence-electron chi connectivity index (χ4n) is 1.29. The zero-order valence-corrected chi connectivity index (χ0v) is 10.8. The number of aromatic carboxylic acids is 1. The highest BCUT2D eigenvalue weighted by Crippen LogP contribution is 2.28. The molecule has 1 aromatic heterocycles. The van der Waals surface area contributed by atoms with Crippen molar-refractivity contribution in [2.75, 3.05) is 0 Å². The molecule has 18 heavy (non-hydrogen) atoms. The van der Waals surface area contributed by atoms with Crippen LogP contribution in [0.3, 0.4) is 0 Å². The van der Waals surface area contributed by atoms with E-state index in [1.165, 1.54) is 24.0 Å². The number of carboxylic acids is 1. The molecule has 1 aromatic carbocycles. The Hall–Kier alpha value is -1.59. The van der Waals surface area contributed by atoms with Crippen LogP contribution < -0.4 is 0 Å². The van der Waals surface area contributed by atoms with E-state index in [2.05, 4.69) is 9.97 Å². The van der Waals surface area contributed by atoms with Crippen LogP contribution >= 0.6 is 23.4 Å². The second-order valence-electron chi connectivity index (χ2n) is 3.38. The Labute approximate surface area is 113 Å². The van der Waals surface area contributed by atoms with Gasteiger partial charge in [-0.3, -0.25) is 0 Å². The monoisotopic (exact) mass is 280 g/mol. The Morgan fingerprint density at radius 2 is 2.11 bits per heavy atom. The lowest BCUT2D eigenvalue weighted by molar-refractivity contribution is 0.0690. The molecular formula is C12H9ClN2O2S. The van der Waals surface area contributed by atoms with E-state index in [-0.39, 0.29) is 5.69 Å². The minimum atomic E-state index is -1.05. The van der Waals surface area contributed by atoms with Crippen molar-refractivity contribution in [2.24, 2.45) is 0 Å². The summed E-state index contributed by atoms with van der Waals surface area (Å²) in [6.07, 6.45) is 1.44. The largest absolute Gasteiger partial charge is 0.477 e. The van der Waals surface area contributed by atoms with Crippen LogP contribution in [0.15, 0.2) is 41.4 Å². The summed E-state index contributed by atoms with van der Waals surface area (Å²) in [6, 6.07) is 8.81. The molecule has 0 aliphatic heterocycles. The maximum atomic E-state index is 10.8. The summed E-state index contributed by atoms with van der Waals surface area (Å²) >= 11 is 7.49. The number of carbonyl (C=O) groups is 1. The molecule has 2 aromatic rings. The Balaban J connectivity index is 2.09. The maximum Gasteiger partial charge on any atom is 0.354 e. The highest BCUT2D eigenvalue weighted by atomic mass is 35.5. The molecule has 0 fully saturated rings. The molecule has 0 aliphatic rings. The van der Waals surface area contributed by atoms with E-state index in [1.807, 2.05) is 18.2 Å². The highest BCUT2D eigenvalue weighted by Gasteiger charge is 2.07. The van der Waals surface area contributed by atoms with Gasteiger partial charge in [-0.15, -0.1) is 11.8 Å². The van der Waals surface area contributed by atoms with E-state index in [0.717, 1.165) is 4.90 Å². The Bertz CT molecular complexity index is 578. The van der Waals surface area contributed by atoms with Crippen molar-refractivity contribution in [1.29, 1.82) is 0 Å². The predicted octanol–water partition coefficient (Wildman–Crippen LogP) is 3.12. The molecule has 1 N–H and O–H groups in total. The quantitative estimate of drug-likeness (QED) is 0.872. The lowest BCUT2D eigenvalue weighted by Crippen LogP contribution is -2.03. The minimum Gasteiger partial charge on any atom is -0.477 e. The van der Waals surface area contributed by atoms with Gasteiger partial charge in [0.05, 0.1) is 10.8 Å². The van der Waals surface area contributed by atoms with E-state index in [1.54, 1.807) is 6.07 Å². The SMILES string of the molecule is O=C(O)c1ccnc(CSc2ccccc2Cl)n1. The summed E-state index contributed by atoms with van der Waals surface area (Å²) in [6.45, 7) is 0. The summed E-state index contributed by atoms with van der Waals surface area (Å²) in [4.78, 5) is 19.7. The second kappa shape index (κ2) is 5.84. The number of hydrogen-bond acceptors (Lipinski definition) is 4. The number of rotatable bonds is 4. The van der Waals surface area contributed by atoms with Crippen molar-refractivity contribution in [3.8, 4) is 0 Å². The van der Waals surface area contributed by atoms with Crippen molar-refractivity contribution >= 4 is 29.3 Å². The van der Waals surface area contributed by atoms with Crippen molar-refractivity contribution in [3.05, 3.63) is 53.1 Å². The second-order valence-corrected chi connectivity index (χ2v) is 4.81. The van der Waals surface area contributed by atoms with Crippen molar-refractivity contribution in [2.45, 2.75) is 10.6 Å². The van der Waals surface area contributed by atoms with Crippen molar-refractivity contribution in [1.82, 2.24) is 9.97 Å². The molecule has 0 bridgehead atoms. The molecule has 2 rings (SSSR count). The lowest BCUT2D eigenvalue weighted by atomic mass is 10.4. The zero-order valence-electron chi connectivity index (χ0n) is 9.21. The molecular weight excluding hydrogens is 272 g/mol. The first-order chi connectivity index (χ1) is 8.66. The van der Waals surface area contributed by atoms with Gasteiger partial charge < -0.3 is 5.11 Å². The van der Waals surface area contributed by atoms with Gasteiger partial charge in [-0.2, -0.15) is 0 Å². The molecule has 0 saturated heterocycles. The third-order valence-electron chi connectivity index (χ3n) is 2.12. The van der Waals surface area contributed by atoms with Gasteiger partial charge in [0.15, 0.2) is 5.69 Å². The van der Waals surface area contributed by atoms with E-state index in [0.29, 0.717) is 16.6 Å². The van der Waals surface area contributed by atoms with Gasteiger partial charge >= 0.3 is 5.97 Å². The van der Waals surface area contributed by atoms with E-state index in [4.69, 9.17) is 16.7 Å². The number of thioether (sulfide) groups is 1. The molecule has 4 nitrogen and oxygen atoms in total. The molecule has 6 heteroatoms. The number of aromatic nitrogens is 2. The van der Waals surface area contributed by atoms with E-state index < -0.39 is 5.97 Å². The standard InChI is InChI=1S/C12H9ClN2O2S/c13-8-3-1-2-4-10(8)18-7-11-14-6-5-9(15-11)12(16)17/h1-6H,7H2,(H,16,17). The highest BCUT2D eigenvalue weighted by molar-refractivity contribution is 7.98. The third-order valence-corrected chi connectivity index (χ3v) is 3.63. The Kier molecular flexibility index (Phi) is 4.17. The Morgan fingerprint density at radius 3 is 2.83 bits per heavy atom. The molecule has 0 aliphatic carbocycles. The van der Waals surface area contributed by atoms with Crippen molar-refractivity contribution < 1.29 is 9.90 Å². The first-order valence-corrected chi connectivity index (χ1v) is 6.46. The fourth-order valence-corrected chi connectivity index (χ4v) is 2.40. The number of benzene rings is 1. The summed E-state index contributed by atoms with van der Waals surface area (Å²) in [5.41, 5.74) is -0.000224. The molecule has 1 heterocycles. The van der Waals surface area contributed by atoms with Gasteiger partial charge in [-0.25, -0.2) is 14.8 Å². The molecule has 0 spiro atoms. The maximum absolute atomic E-state index is 10.8. The molecule has 92 valence electrons. The molecule has 0 amide bonds. The number of hydrogen-bond donors (Lipinski definition) is 1. The summed E-state index contributed by atoms with van der Waals surface area (Å²) < 4.78 is 0. The van der Waals surface area contributed by atoms with Crippen LogP contribution in [-0.4, -0.2) is 21.0 Å². The van der Waals surface area contributed by atoms with E-state index in [9.17, 15) is 4.79 Å². The number of nitrogens with zero attached hydrogens (tertiary/aromatic N) is 2. The summed E-state index contributed by atoms with van der Waals surface area (Å²) in [5, 5.41) is 9.48. The van der Waals surface area contributed by atoms with Gasteiger partial charge in [0.2, 0.25) is 0 Å². The van der Waals surface area contributed by atoms with Gasteiger partial charge in [0.25, 0.3) is 0 Å².